The minimum atomic E-state index is -0.315. The fraction of sp³-hybridized carbons (Fsp3) is 0.192. The molecule has 4 aromatic rings. The van der Waals surface area contributed by atoms with Crippen LogP contribution in [0.25, 0.3) is 17.1 Å². The number of hydrogen-bond acceptors (Lipinski definition) is 6. The van der Waals surface area contributed by atoms with Crippen molar-refractivity contribution in [3.63, 3.8) is 0 Å². The first-order valence-corrected chi connectivity index (χ1v) is 11.9. The lowest BCUT2D eigenvalue weighted by molar-refractivity contribution is 0.0937. The summed E-state index contributed by atoms with van der Waals surface area (Å²) in [6, 6.07) is 21.2. The summed E-state index contributed by atoms with van der Waals surface area (Å²) < 4.78 is 25.8. The van der Waals surface area contributed by atoms with E-state index in [9.17, 15) is 9.18 Å². The molecular weight excluding hydrogens is 467 g/mol. The van der Waals surface area contributed by atoms with Crippen LogP contribution in [0.4, 0.5) is 4.39 Å². The van der Waals surface area contributed by atoms with Crippen LogP contribution < -0.4 is 10.1 Å². The Morgan fingerprint density at radius 1 is 1.03 bits per heavy atom. The highest BCUT2D eigenvalue weighted by Crippen LogP contribution is 2.31. The van der Waals surface area contributed by atoms with Gasteiger partial charge >= 0.3 is 0 Å². The third kappa shape index (κ3) is 6.06. The van der Waals surface area contributed by atoms with Crippen molar-refractivity contribution in [3.8, 4) is 22.8 Å². The van der Waals surface area contributed by atoms with Crippen molar-refractivity contribution in [2.75, 3.05) is 27.4 Å². The summed E-state index contributed by atoms with van der Waals surface area (Å²) in [6.07, 6.45) is 0. The van der Waals surface area contributed by atoms with E-state index in [2.05, 4.69) is 15.5 Å². The van der Waals surface area contributed by atoms with Crippen LogP contribution in [0.2, 0.25) is 0 Å². The van der Waals surface area contributed by atoms with Gasteiger partial charge in [-0.3, -0.25) is 9.36 Å². The molecule has 0 saturated heterocycles. The average molecular weight is 493 g/mol. The quantitative estimate of drug-likeness (QED) is 0.254. The van der Waals surface area contributed by atoms with Gasteiger partial charge in [-0.15, -0.1) is 10.2 Å². The summed E-state index contributed by atoms with van der Waals surface area (Å²) in [4.78, 5) is 12.2. The van der Waals surface area contributed by atoms with Crippen molar-refractivity contribution >= 4 is 17.7 Å². The number of methoxy groups -OCH3 is 2. The molecule has 3 aromatic carbocycles. The fourth-order valence-corrected chi connectivity index (χ4v) is 4.31. The molecule has 0 aliphatic carbocycles. The van der Waals surface area contributed by atoms with Gasteiger partial charge in [0.2, 0.25) is 0 Å². The van der Waals surface area contributed by atoms with Crippen molar-refractivity contribution in [1.82, 2.24) is 20.1 Å². The maximum atomic E-state index is 13.6. The Labute approximate surface area is 207 Å². The van der Waals surface area contributed by atoms with Gasteiger partial charge in [-0.1, -0.05) is 36.0 Å². The zero-order chi connectivity index (χ0) is 24.6. The molecule has 0 bridgehead atoms. The van der Waals surface area contributed by atoms with Crippen LogP contribution in [0, 0.1) is 5.82 Å². The van der Waals surface area contributed by atoms with Gasteiger partial charge in [-0.25, -0.2) is 4.39 Å². The number of carbonyl (C=O) groups is 1. The predicted molar refractivity (Wildman–Crippen MR) is 134 cm³/mol. The van der Waals surface area contributed by atoms with Gasteiger partial charge in [0.25, 0.3) is 5.91 Å². The van der Waals surface area contributed by atoms with E-state index < -0.39 is 0 Å². The van der Waals surface area contributed by atoms with Crippen LogP contribution in [0.3, 0.4) is 0 Å². The SMILES string of the molecule is COCCNC(=O)c1ccc(CSc2nnc(-c3cccc(OC)c3)n2-c2ccc(F)cc2)cc1. The predicted octanol–water partition coefficient (Wildman–Crippen LogP) is 4.75. The standard InChI is InChI=1S/C26H25FN4O3S/c1-33-15-14-28-25(32)19-8-6-18(7-9-19)17-35-26-30-29-24(20-4-3-5-23(16-20)34-2)31(26)22-12-10-21(27)11-13-22/h3-13,16H,14-15,17H2,1-2H3,(H,28,32). The summed E-state index contributed by atoms with van der Waals surface area (Å²) >= 11 is 1.50. The number of hydrogen-bond donors (Lipinski definition) is 1. The summed E-state index contributed by atoms with van der Waals surface area (Å²) in [5, 5.41) is 12.3. The maximum Gasteiger partial charge on any atom is 0.251 e. The molecule has 1 N–H and O–H groups in total. The first kappa shape index (κ1) is 24.4. The lowest BCUT2D eigenvalue weighted by Gasteiger charge is -2.11. The lowest BCUT2D eigenvalue weighted by atomic mass is 10.1. The molecule has 1 amide bonds. The minimum Gasteiger partial charge on any atom is -0.497 e. The second kappa shape index (κ2) is 11.6. The molecule has 1 heterocycles. The van der Waals surface area contributed by atoms with Crippen molar-refractivity contribution in [3.05, 3.63) is 89.7 Å². The minimum absolute atomic E-state index is 0.139. The second-order valence-electron chi connectivity index (χ2n) is 7.58. The molecule has 0 unspecified atom stereocenters. The number of nitrogens with zero attached hydrogens (tertiary/aromatic N) is 3. The van der Waals surface area contributed by atoms with E-state index in [0.717, 1.165) is 16.8 Å². The Balaban J connectivity index is 1.56. The Morgan fingerprint density at radius 2 is 1.80 bits per heavy atom. The van der Waals surface area contributed by atoms with E-state index in [-0.39, 0.29) is 11.7 Å². The monoisotopic (exact) mass is 492 g/mol. The second-order valence-corrected chi connectivity index (χ2v) is 8.53. The molecule has 0 radical (unpaired) electrons. The first-order chi connectivity index (χ1) is 17.1. The summed E-state index contributed by atoms with van der Waals surface area (Å²) in [5.74, 6) is 1.49. The Morgan fingerprint density at radius 3 is 2.51 bits per heavy atom. The van der Waals surface area contributed by atoms with Gasteiger partial charge in [0.15, 0.2) is 11.0 Å². The summed E-state index contributed by atoms with van der Waals surface area (Å²) in [5.41, 5.74) is 3.20. The molecule has 0 aliphatic heterocycles. The number of rotatable bonds is 10. The van der Waals surface area contributed by atoms with Gasteiger partial charge in [0.1, 0.15) is 11.6 Å². The molecule has 0 fully saturated rings. The number of nitrogens with one attached hydrogen (secondary N) is 1. The number of ether oxygens (including phenoxy) is 2. The number of aromatic nitrogens is 3. The van der Waals surface area contributed by atoms with Crippen molar-refractivity contribution in [2.24, 2.45) is 0 Å². The largest absolute Gasteiger partial charge is 0.497 e. The van der Waals surface area contributed by atoms with Crippen molar-refractivity contribution in [1.29, 1.82) is 0 Å². The molecule has 35 heavy (non-hydrogen) atoms. The highest BCUT2D eigenvalue weighted by Gasteiger charge is 2.17. The van der Waals surface area contributed by atoms with Gasteiger partial charge in [-0.05, 0) is 54.1 Å². The molecule has 9 heteroatoms. The number of benzene rings is 3. The molecule has 0 spiro atoms. The number of halogens is 1. The van der Waals surface area contributed by atoms with Gasteiger partial charge in [0.05, 0.1) is 13.7 Å². The Bertz CT molecular complexity index is 1280. The topological polar surface area (TPSA) is 78.3 Å². The molecule has 1 aromatic heterocycles. The molecule has 180 valence electrons. The highest BCUT2D eigenvalue weighted by molar-refractivity contribution is 7.98. The van der Waals surface area contributed by atoms with Crippen molar-refractivity contribution in [2.45, 2.75) is 10.9 Å². The number of thioether (sulfide) groups is 1. The summed E-state index contributed by atoms with van der Waals surface area (Å²) in [7, 11) is 3.20. The van der Waals surface area contributed by atoms with Crippen LogP contribution in [0.15, 0.2) is 78.0 Å². The molecular formula is C26H25FN4O3S. The third-order valence-corrected chi connectivity index (χ3v) is 6.22. The zero-order valence-electron chi connectivity index (χ0n) is 19.4. The number of carbonyl (C=O) groups excluding carboxylic acids is 1. The van der Waals surface area contributed by atoms with Crippen LogP contribution in [-0.2, 0) is 10.5 Å². The molecule has 7 nitrogen and oxygen atoms in total. The van der Waals surface area contributed by atoms with Gasteiger partial charge in [-0.2, -0.15) is 0 Å². The number of amides is 1. The van der Waals surface area contributed by atoms with E-state index in [0.29, 0.717) is 41.2 Å². The third-order valence-electron chi connectivity index (χ3n) is 5.22. The lowest BCUT2D eigenvalue weighted by Crippen LogP contribution is -2.26. The van der Waals surface area contributed by atoms with E-state index >= 15 is 0 Å². The van der Waals surface area contributed by atoms with Crippen LogP contribution in [-0.4, -0.2) is 48.0 Å². The van der Waals surface area contributed by atoms with Crippen LogP contribution >= 0.6 is 11.8 Å². The molecule has 0 atom stereocenters. The average Bonchev–Trinajstić information content (AvgIpc) is 3.32. The highest BCUT2D eigenvalue weighted by atomic mass is 32.2. The van der Waals surface area contributed by atoms with E-state index in [1.54, 1.807) is 38.5 Å². The Hall–Kier alpha value is -3.69. The van der Waals surface area contributed by atoms with E-state index in [1.807, 2.05) is 41.0 Å². The van der Waals surface area contributed by atoms with Crippen molar-refractivity contribution < 1.29 is 18.7 Å². The Kier molecular flexibility index (Phi) is 8.12. The molecule has 0 saturated carbocycles. The van der Waals surface area contributed by atoms with Crippen LogP contribution in [0.1, 0.15) is 15.9 Å². The summed E-state index contributed by atoms with van der Waals surface area (Å²) in [6.45, 7) is 0.925. The molecule has 4 rings (SSSR count). The smallest absolute Gasteiger partial charge is 0.251 e. The van der Waals surface area contributed by atoms with E-state index in [4.69, 9.17) is 9.47 Å². The maximum absolute atomic E-state index is 13.6. The first-order valence-electron chi connectivity index (χ1n) is 10.9. The van der Waals surface area contributed by atoms with Gasteiger partial charge < -0.3 is 14.8 Å². The zero-order valence-corrected chi connectivity index (χ0v) is 20.2. The molecule has 0 aliphatic rings. The van der Waals surface area contributed by atoms with E-state index in [1.165, 1.54) is 23.9 Å². The fourth-order valence-electron chi connectivity index (χ4n) is 3.40. The van der Waals surface area contributed by atoms with Crippen LogP contribution in [0.5, 0.6) is 5.75 Å². The normalized spacial score (nSPS) is 10.8. The van der Waals surface area contributed by atoms with Gasteiger partial charge in [0, 0.05) is 36.2 Å².